The average molecular weight is 342 g/mol. The number of hydrogen-bond donors (Lipinski definition) is 0. The fourth-order valence-electron chi connectivity index (χ4n) is 2.37. The minimum atomic E-state index is -1.12. The first-order valence-corrected chi connectivity index (χ1v) is 7.88. The van der Waals surface area contributed by atoms with Crippen molar-refractivity contribution in [3.05, 3.63) is 71.8 Å². The Kier molecular flexibility index (Phi) is 5.77. The predicted molar refractivity (Wildman–Crippen MR) is 87.1 cm³/mol. The fourth-order valence-corrected chi connectivity index (χ4v) is 2.37. The maximum atomic E-state index is 12.2. The highest BCUT2D eigenvalue weighted by Gasteiger charge is 2.42. The van der Waals surface area contributed by atoms with Crippen LogP contribution in [0.4, 0.5) is 0 Å². The smallest absolute Gasteiger partial charge is 0.339 e. The van der Waals surface area contributed by atoms with Gasteiger partial charge in [0.15, 0.2) is 12.2 Å². The third-order valence-electron chi connectivity index (χ3n) is 3.68. The summed E-state index contributed by atoms with van der Waals surface area (Å²) in [5.41, 5.74) is 1.69. The largest absolute Gasteiger partial charge is 0.459 e. The molecular formula is C19H18O6. The van der Waals surface area contributed by atoms with Gasteiger partial charge in [0.25, 0.3) is 0 Å². The SMILES string of the molecule is O=C(OCc1ccccc1)C1OCOC1C(=O)OCc1ccccc1. The number of esters is 2. The van der Waals surface area contributed by atoms with E-state index in [1.54, 1.807) is 0 Å². The van der Waals surface area contributed by atoms with E-state index in [1.165, 1.54) is 0 Å². The van der Waals surface area contributed by atoms with Gasteiger partial charge in [-0.3, -0.25) is 0 Å². The zero-order valence-electron chi connectivity index (χ0n) is 13.5. The quantitative estimate of drug-likeness (QED) is 0.750. The van der Waals surface area contributed by atoms with Crippen LogP contribution in [-0.2, 0) is 41.8 Å². The second-order valence-electron chi connectivity index (χ2n) is 5.48. The summed E-state index contributed by atoms with van der Waals surface area (Å²) in [6.45, 7) is 0.0485. The molecule has 0 N–H and O–H groups in total. The summed E-state index contributed by atoms with van der Waals surface area (Å²) in [5.74, 6) is -1.30. The molecule has 1 fully saturated rings. The monoisotopic (exact) mass is 342 g/mol. The van der Waals surface area contributed by atoms with Crippen LogP contribution in [0.3, 0.4) is 0 Å². The summed E-state index contributed by atoms with van der Waals surface area (Å²) in [4.78, 5) is 24.3. The number of hydrogen-bond acceptors (Lipinski definition) is 6. The van der Waals surface area contributed by atoms with Gasteiger partial charge in [0.1, 0.15) is 20.0 Å². The molecule has 0 bridgehead atoms. The van der Waals surface area contributed by atoms with Gasteiger partial charge in [-0.05, 0) is 11.1 Å². The van der Waals surface area contributed by atoms with Crippen molar-refractivity contribution in [2.45, 2.75) is 25.4 Å². The summed E-state index contributed by atoms with van der Waals surface area (Å²) < 4.78 is 20.8. The maximum Gasteiger partial charge on any atom is 0.339 e. The van der Waals surface area contributed by atoms with Crippen LogP contribution in [0.1, 0.15) is 11.1 Å². The van der Waals surface area contributed by atoms with Crippen LogP contribution in [0.25, 0.3) is 0 Å². The Labute approximate surface area is 145 Å². The number of ether oxygens (including phenoxy) is 4. The zero-order valence-corrected chi connectivity index (χ0v) is 13.5. The van der Waals surface area contributed by atoms with E-state index < -0.39 is 24.1 Å². The van der Waals surface area contributed by atoms with E-state index in [0.29, 0.717) is 0 Å². The first-order valence-electron chi connectivity index (χ1n) is 7.88. The molecule has 3 rings (SSSR count). The summed E-state index contributed by atoms with van der Waals surface area (Å²) in [6.07, 6.45) is -2.24. The summed E-state index contributed by atoms with van der Waals surface area (Å²) in [6, 6.07) is 18.5. The van der Waals surface area contributed by atoms with Crippen molar-refractivity contribution in [2.75, 3.05) is 6.79 Å². The van der Waals surface area contributed by atoms with E-state index in [4.69, 9.17) is 18.9 Å². The normalized spacial score (nSPS) is 19.4. The van der Waals surface area contributed by atoms with Crippen LogP contribution < -0.4 is 0 Å². The Morgan fingerprint density at radius 2 is 1.16 bits per heavy atom. The van der Waals surface area contributed by atoms with Gasteiger partial charge in [-0.25, -0.2) is 9.59 Å². The van der Waals surface area contributed by atoms with Crippen LogP contribution in [-0.4, -0.2) is 30.9 Å². The van der Waals surface area contributed by atoms with Crippen molar-refractivity contribution in [1.82, 2.24) is 0 Å². The van der Waals surface area contributed by atoms with Gasteiger partial charge in [0.2, 0.25) is 0 Å². The molecule has 0 saturated carbocycles. The lowest BCUT2D eigenvalue weighted by Gasteiger charge is -2.15. The minimum Gasteiger partial charge on any atom is -0.459 e. The molecule has 2 atom stereocenters. The van der Waals surface area contributed by atoms with Gasteiger partial charge in [-0.15, -0.1) is 0 Å². The van der Waals surface area contributed by atoms with E-state index in [2.05, 4.69) is 0 Å². The molecule has 1 aliphatic heterocycles. The molecule has 6 nitrogen and oxygen atoms in total. The molecule has 2 unspecified atom stereocenters. The Hall–Kier alpha value is -2.70. The molecule has 6 heteroatoms. The molecule has 1 saturated heterocycles. The van der Waals surface area contributed by atoms with Crippen LogP contribution in [0.2, 0.25) is 0 Å². The van der Waals surface area contributed by atoms with E-state index in [0.717, 1.165) is 11.1 Å². The van der Waals surface area contributed by atoms with Crippen molar-refractivity contribution in [3.8, 4) is 0 Å². The lowest BCUT2D eigenvalue weighted by molar-refractivity contribution is -0.165. The zero-order chi connectivity index (χ0) is 17.5. The predicted octanol–water partition coefficient (Wildman–Crippen LogP) is 2.21. The molecule has 130 valence electrons. The van der Waals surface area contributed by atoms with Crippen molar-refractivity contribution in [2.24, 2.45) is 0 Å². The summed E-state index contributed by atoms with van der Waals surface area (Å²) in [7, 11) is 0. The molecule has 0 aromatic heterocycles. The first-order chi connectivity index (χ1) is 12.2. The lowest BCUT2D eigenvalue weighted by Crippen LogP contribution is -2.39. The third kappa shape index (κ3) is 4.65. The van der Waals surface area contributed by atoms with E-state index in [9.17, 15) is 9.59 Å². The number of rotatable bonds is 6. The highest BCUT2D eigenvalue weighted by atomic mass is 16.7. The van der Waals surface area contributed by atoms with Gasteiger partial charge in [-0.2, -0.15) is 0 Å². The molecule has 2 aromatic carbocycles. The van der Waals surface area contributed by atoms with E-state index in [-0.39, 0.29) is 20.0 Å². The third-order valence-corrected chi connectivity index (χ3v) is 3.68. The van der Waals surface area contributed by atoms with Crippen LogP contribution in [0.5, 0.6) is 0 Å². The van der Waals surface area contributed by atoms with Gasteiger partial charge >= 0.3 is 11.9 Å². The fraction of sp³-hybridized carbons (Fsp3) is 0.263. The molecule has 0 aliphatic carbocycles. The van der Waals surface area contributed by atoms with Crippen LogP contribution in [0.15, 0.2) is 60.7 Å². The molecule has 1 aliphatic rings. The topological polar surface area (TPSA) is 71.1 Å². The van der Waals surface area contributed by atoms with Crippen molar-refractivity contribution in [3.63, 3.8) is 0 Å². The molecule has 0 spiro atoms. The maximum absolute atomic E-state index is 12.2. The number of carbonyl (C=O) groups is 2. The Bertz CT molecular complexity index is 639. The van der Waals surface area contributed by atoms with Gasteiger partial charge in [0.05, 0.1) is 0 Å². The Morgan fingerprint density at radius 1 is 0.760 bits per heavy atom. The number of carbonyl (C=O) groups excluding carboxylic acids is 2. The second kappa shape index (κ2) is 8.41. The molecular weight excluding hydrogens is 324 g/mol. The van der Waals surface area contributed by atoms with Gasteiger partial charge < -0.3 is 18.9 Å². The van der Waals surface area contributed by atoms with E-state index in [1.807, 2.05) is 60.7 Å². The van der Waals surface area contributed by atoms with Crippen molar-refractivity contribution < 1.29 is 28.5 Å². The van der Waals surface area contributed by atoms with Crippen LogP contribution >= 0.6 is 0 Å². The van der Waals surface area contributed by atoms with Gasteiger partial charge in [0, 0.05) is 0 Å². The van der Waals surface area contributed by atoms with E-state index >= 15 is 0 Å². The standard InChI is InChI=1S/C19H18O6/c20-18(22-11-14-7-3-1-4-8-14)16-17(25-13-24-16)19(21)23-12-15-9-5-2-6-10-15/h1-10,16-17H,11-13H2. The highest BCUT2D eigenvalue weighted by Crippen LogP contribution is 2.17. The molecule has 2 aromatic rings. The molecule has 25 heavy (non-hydrogen) atoms. The number of benzene rings is 2. The Balaban J connectivity index is 1.52. The average Bonchev–Trinajstić information content (AvgIpc) is 3.16. The Morgan fingerprint density at radius 3 is 1.56 bits per heavy atom. The summed E-state index contributed by atoms with van der Waals surface area (Å²) in [5, 5.41) is 0. The first kappa shape index (κ1) is 17.1. The minimum absolute atomic E-state index is 0.102. The molecule has 0 radical (unpaired) electrons. The van der Waals surface area contributed by atoms with Crippen LogP contribution in [0, 0.1) is 0 Å². The second-order valence-corrected chi connectivity index (χ2v) is 5.48. The van der Waals surface area contributed by atoms with Crippen molar-refractivity contribution in [1.29, 1.82) is 0 Å². The lowest BCUT2D eigenvalue weighted by atomic mass is 10.2. The molecule has 1 heterocycles. The molecule has 0 amide bonds. The van der Waals surface area contributed by atoms with Crippen molar-refractivity contribution >= 4 is 11.9 Å². The highest BCUT2D eigenvalue weighted by molar-refractivity contribution is 5.86. The summed E-state index contributed by atoms with van der Waals surface area (Å²) >= 11 is 0. The van der Waals surface area contributed by atoms with Gasteiger partial charge in [-0.1, -0.05) is 60.7 Å².